The van der Waals surface area contributed by atoms with Crippen LogP contribution >= 0.6 is 0 Å². The highest BCUT2D eigenvalue weighted by Gasteiger charge is 2.11. The third kappa shape index (κ3) is 4.99. The number of hydrogen-bond donors (Lipinski definition) is 2. The maximum Gasteiger partial charge on any atom is 0.255 e. The standard InChI is InChI=1S/C21H20N8O2/c1-15-5-6-18(12-19(15)29-14-23-26-27-29)25-21(31)16-3-2-4-17(11-16)24-20(30)7-9-28-10-8-22-13-28/h2-6,8,10-14H,7,9H2,1H3,(H,24,30)(H,25,31). The number of amides is 2. The van der Waals surface area contributed by atoms with E-state index < -0.39 is 0 Å². The summed E-state index contributed by atoms with van der Waals surface area (Å²) in [5, 5.41) is 16.9. The van der Waals surface area contributed by atoms with Crippen LogP contribution in [0.1, 0.15) is 22.3 Å². The summed E-state index contributed by atoms with van der Waals surface area (Å²) in [5.41, 5.74) is 3.32. The van der Waals surface area contributed by atoms with Gasteiger partial charge in [-0.3, -0.25) is 9.59 Å². The Morgan fingerprint density at radius 3 is 2.68 bits per heavy atom. The molecule has 2 N–H and O–H groups in total. The molecule has 0 aliphatic rings. The van der Waals surface area contributed by atoms with Crippen LogP contribution in [0, 0.1) is 6.92 Å². The Hall–Kier alpha value is -4.34. The lowest BCUT2D eigenvalue weighted by molar-refractivity contribution is -0.116. The summed E-state index contributed by atoms with van der Waals surface area (Å²) >= 11 is 0. The number of carbonyl (C=O) groups excluding carboxylic acids is 2. The van der Waals surface area contributed by atoms with E-state index in [0.29, 0.717) is 29.9 Å². The lowest BCUT2D eigenvalue weighted by Gasteiger charge is -2.11. The van der Waals surface area contributed by atoms with Gasteiger partial charge in [-0.25, -0.2) is 9.67 Å². The van der Waals surface area contributed by atoms with Crippen LogP contribution in [-0.2, 0) is 11.3 Å². The largest absolute Gasteiger partial charge is 0.337 e. The van der Waals surface area contributed by atoms with Crippen molar-refractivity contribution in [1.82, 2.24) is 29.8 Å². The fraction of sp³-hybridized carbons (Fsp3) is 0.143. The minimum absolute atomic E-state index is 0.143. The van der Waals surface area contributed by atoms with Gasteiger partial charge in [-0.1, -0.05) is 12.1 Å². The van der Waals surface area contributed by atoms with Crippen molar-refractivity contribution in [2.75, 3.05) is 10.6 Å². The molecular weight excluding hydrogens is 396 g/mol. The van der Waals surface area contributed by atoms with Crippen LogP contribution in [0.2, 0.25) is 0 Å². The third-order valence-electron chi connectivity index (χ3n) is 4.63. The van der Waals surface area contributed by atoms with Crippen LogP contribution in [0.25, 0.3) is 5.69 Å². The maximum absolute atomic E-state index is 12.7. The first-order chi connectivity index (χ1) is 15.1. The molecular formula is C21H20N8O2. The van der Waals surface area contributed by atoms with Gasteiger partial charge in [0.1, 0.15) is 6.33 Å². The number of tetrazole rings is 1. The Morgan fingerprint density at radius 2 is 1.90 bits per heavy atom. The van der Waals surface area contributed by atoms with Gasteiger partial charge in [-0.05, 0) is 53.2 Å². The van der Waals surface area contributed by atoms with Crippen LogP contribution in [0.3, 0.4) is 0 Å². The highest BCUT2D eigenvalue weighted by molar-refractivity contribution is 6.05. The van der Waals surface area contributed by atoms with E-state index in [2.05, 4.69) is 31.1 Å². The summed E-state index contributed by atoms with van der Waals surface area (Å²) in [6.07, 6.45) is 6.92. The van der Waals surface area contributed by atoms with Crippen molar-refractivity contribution in [2.45, 2.75) is 19.9 Å². The molecule has 4 aromatic rings. The van der Waals surface area contributed by atoms with Crippen LogP contribution < -0.4 is 10.6 Å². The van der Waals surface area contributed by atoms with E-state index in [-0.39, 0.29) is 11.8 Å². The van der Waals surface area contributed by atoms with Crippen molar-refractivity contribution in [2.24, 2.45) is 0 Å². The molecule has 10 heteroatoms. The molecule has 0 aliphatic heterocycles. The zero-order chi connectivity index (χ0) is 21.6. The Balaban J connectivity index is 1.41. The molecule has 0 bridgehead atoms. The van der Waals surface area contributed by atoms with E-state index in [1.165, 1.54) is 11.0 Å². The maximum atomic E-state index is 12.7. The predicted molar refractivity (Wildman–Crippen MR) is 114 cm³/mol. The van der Waals surface area contributed by atoms with Gasteiger partial charge in [0.2, 0.25) is 5.91 Å². The fourth-order valence-electron chi connectivity index (χ4n) is 3.02. The van der Waals surface area contributed by atoms with Gasteiger partial charge in [0.25, 0.3) is 5.91 Å². The van der Waals surface area contributed by atoms with Crippen LogP contribution in [-0.4, -0.2) is 41.6 Å². The first-order valence-electron chi connectivity index (χ1n) is 9.59. The molecule has 0 fully saturated rings. The SMILES string of the molecule is Cc1ccc(NC(=O)c2cccc(NC(=O)CCn3ccnc3)c2)cc1-n1cnnn1. The van der Waals surface area contributed by atoms with Crippen LogP contribution in [0.4, 0.5) is 11.4 Å². The second kappa shape index (κ2) is 8.99. The number of hydrogen-bond acceptors (Lipinski definition) is 6. The summed E-state index contributed by atoms with van der Waals surface area (Å²) in [6, 6.07) is 12.3. The Kier molecular flexibility index (Phi) is 5.79. The van der Waals surface area contributed by atoms with Crippen LogP contribution in [0.15, 0.2) is 67.5 Å². The Labute approximate surface area is 177 Å². The Bertz CT molecular complexity index is 1190. The van der Waals surface area contributed by atoms with Gasteiger partial charge >= 0.3 is 0 Å². The highest BCUT2D eigenvalue weighted by atomic mass is 16.2. The minimum atomic E-state index is -0.291. The highest BCUT2D eigenvalue weighted by Crippen LogP contribution is 2.20. The summed E-state index contributed by atoms with van der Waals surface area (Å²) in [5.74, 6) is -0.433. The number of nitrogens with one attached hydrogen (secondary N) is 2. The third-order valence-corrected chi connectivity index (χ3v) is 4.63. The van der Waals surface area contributed by atoms with Gasteiger partial charge < -0.3 is 15.2 Å². The molecule has 2 heterocycles. The number of carbonyl (C=O) groups is 2. The van der Waals surface area contributed by atoms with E-state index in [4.69, 9.17) is 0 Å². The molecule has 4 rings (SSSR count). The average Bonchev–Trinajstić information content (AvgIpc) is 3.48. The number of anilines is 2. The molecule has 0 radical (unpaired) electrons. The first kappa shape index (κ1) is 20.0. The summed E-state index contributed by atoms with van der Waals surface area (Å²) in [4.78, 5) is 28.9. The molecule has 0 atom stereocenters. The fourth-order valence-corrected chi connectivity index (χ4v) is 3.02. The van der Waals surface area contributed by atoms with Crippen molar-refractivity contribution < 1.29 is 9.59 Å². The lowest BCUT2D eigenvalue weighted by Crippen LogP contribution is -2.16. The predicted octanol–water partition coefficient (Wildman–Crippen LogP) is 2.45. The minimum Gasteiger partial charge on any atom is -0.337 e. The number of aromatic nitrogens is 6. The van der Waals surface area contributed by atoms with E-state index in [1.807, 2.05) is 23.6 Å². The van der Waals surface area contributed by atoms with Gasteiger partial charge in [0.15, 0.2) is 0 Å². The normalized spacial score (nSPS) is 10.6. The van der Waals surface area contributed by atoms with Crippen molar-refractivity contribution >= 4 is 23.2 Å². The number of rotatable bonds is 7. The van der Waals surface area contributed by atoms with Crippen molar-refractivity contribution in [1.29, 1.82) is 0 Å². The van der Waals surface area contributed by atoms with E-state index >= 15 is 0 Å². The van der Waals surface area contributed by atoms with Gasteiger partial charge in [-0.15, -0.1) is 5.10 Å². The molecule has 31 heavy (non-hydrogen) atoms. The van der Waals surface area contributed by atoms with Crippen LogP contribution in [0.5, 0.6) is 0 Å². The monoisotopic (exact) mass is 416 g/mol. The summed E-state index contributed by atoms with van der Waals surface area (Å²) in [6.45, 7) is 2.46. The second-order valence-electron chi connectivity index (χ2n) is 6.89. The molecule has 2 aromatic carbocycles. The number of imidazole rings is 1. The molecule has 0 saturated carbocycles. The molecule has 156 valence electrons. The molecule has 0 spiro atoms. The molecule has 0 saturated heterocycles. The van der Waals surface area contributed by atoms with E-state index in [9.17, 15) is 9.59 Å². The zero-order valence-electron chi connectivity index (χ0n) is 16.8. The smallest absolute Gasteiger partial charge is 0.255 e. The van der Waals surface area contributed by atoms with Crippen molar-refractivity contribution in [3.8, 4) is 5.69 Å². The van der Waals surface area contributed by atoms with Gasteiger partial charge in [-0.2, -0.15) is 0 Å². The summed E-state index contributed by atoms with van der Waals surface area (Å²) in [7, 11) is 0. The summed E-state index contributed by atoms with van der Waals surface area (Å²) < 4.78 is 3.36. The van der Waals surface area contributed by atoms with Gasteiger partial charge in [0.05, 0.1) is 12.0 Å². The second-order valence-corrected chi connectivity index (χ2v) is 6.89. The quantitative estimate of drug-likeness (QED) is 0.478. The van der Waals surface area contributed by atoms with Crippen molar-refractivity contribution in [3.63, 3.8) is 0 Å². The lowest BCUT2D eigenvalue weighted by atomic mass is 10.1. The first-order valence-corrected chi connectivity index (χ1v) is 9.59. The molecule has 0 aliphatic carbocycles. The molecule has 0 unspecified atom stereocenters. The zero-order valence-corrected chi connectivity index (χ0v) is 16.8. The number of aryl methyl sites for hydroxylation is 2. The average molecular weight is 416 g/mol. The number of benzene rings is 2. The molecule has 2 amide bonds. The van der Waals surface area contributed by atoms with Crippen molar-refractivity contribution in [3.05, 3.63) is 78.6 Å². The Morgan fingerprint density at radius 1 is 1.03 bits per heavy atom. The van der Waals surface area contributed by atoms with E-state index in [0.717, 1.165) is 11.3 Å². The number of nitrogens with zero attached hydrogens (tertiary/aromatic N) is 6. The van der Waals surface area contributed by atoms with Gasteiger partial charge in [0, 0.05) is 42.3 Å². The molecule has 2 aromatic heterocycles. The molecule has 10 nitrogen and oxygen atoms in total. The van der Waals surface area contributed by atoms with E-state index in [1.54, 1.807) is 49.1 Å². The topological polar surface area (TPSA) is 120 Å².